The number of amides is 1. The third-order valence-electron chi connectivity index (χ3n) is 3.15. The van der Waals surface area contributed by atoms with E-state index < -0.39 is 23.1 Å². The van der Waals surface area contributed by atoms with E-state index in [9.17, 15) is 18.7 Å². The van der Waals surface area contributed by atoms with Crippen molar-refractivity contribution in [2.45, 2.75) is 12.5 Å². The predicted octanol–water partition coefficient (Wildman–Crippen LogP) is 3.28. The SMILES string of the molecule is [C-]#[N+]c1ccc(NC(=O)[C@@](C)(O)COc2ccc(F)cc2)cc1F. The second-order valence-corrected chi connectivity index (χ2v) is 5.25. The van der Waals surface area contributed by atoms with Crippen LogP contribution in [0.4, 0.5) is 20.2 Å². The maximum atomic E-state index is 13.5. The first-order valence-corrected chi connectivity index (χ1v) is 6.91. The Kier molecular flexibility index (Phi) is 5.11. The van der Waals surface area contributed by atoms with Gasteiger partial charge in [-0.05, 0) is 43.3 Å². The summed E-state index contributed by atoms with van der Waals surface area (Å²) in [5, 5.41) is 12.5. The molecule has 0 heterocycles. The zero-order chi connectivity index (χ0) is 17.7. The van der Waals surface area contributed by atoms with Gasteiger partial charge in [0, 0.05) is 5.69 Å². The van der Waals surface area contributed by atoms with E-state index in [-0.39, 0.29) is 23.7 Å². The quantitative estimate of drug-likeness (QED) is 0.826. The molecule has 24 heavy (non-hydrogen) atoms. The lowest BCUT2D eigenvalue weighted by Crippen LogP contribution is -2.45. The molecule has 0 unspecified atom stereocenters. The van der Waals surface area contributed by atoms with Gasteiger partial charge in [0.1, 0.15) is 24.0 Å². The Morgan fingerprint density at radius 1 is 1.29 bits per heavy atom. The summed E-state index contributed by atoms with van der Waals surface area (Å²) in [6, 6.07) is 8.66. The highest BCUT2D eigenvalue weighted by Gasteiger charge is 2.31. The highest BCUT2D eigenvalue weighted by molar-refractivity contribution is 5.97. The minimum atomic E-state index is -1.90. The number of carbonyl (C=O) groups excluding carboxylic acids is 1. The number of ether oxygens (including phenoxy) is 1. The van der Waals surface area contributed by atoms with Crippen LogP contribution in [0.5, 0.6) is 5.75 Å². The summed E-state index contributed by atoms with van der Waals surface area (Å²) in [5.74, 6) is -1.72. The van der Waals surface area contributed by atoms with Crippen LogP contribution in [-0.4, -0.2) is 23.2 Å². The van der Waals surface area contributed by atoms with E-state index in [0.29, 0.717) is 0 Å². The number of hydrogen-bond donors (Lipinski definition) is 2. The summed E-state index contributed by atoms with van der Waals surface area (Å²) < 4.78 is 31.6. The number of halogens is 2. The van der Waals surface area contributed by atoms with Crippen molar-refractivity contribution >= 4 is 17.3 Å². The lowest BCUT2D eigenvalue weighted by atomic mass is 10.1. The Bertz CT molecular complexity index is 783. The fourth-order valence-electron chi connectivity index (χ4n) is 1.76. The first-order valence-electron chi connectivity index (χ1n) is 6.91. The molecule has 124 valence electrons. The maximum Gasteiger partial charge on any atom is 0.259 e. The van der Waals surface area contributed by atoms with Crippen molar-refractivity contribution in [1.82, 2.24) is 0 Å². The van der Waals surface area contributed by atoms with Crippen molar-refractivity contribution in [2.24, 2.45) is 0 Å². The number of hydrogen-bond acceptors (Lipinski definition) is 3. The molecule has 7 heteroatoms. The van der Waals surface area contributed by atoms with Crippen LogP contribution in [0.25, 0.3) is 4.85 Å². The Hall–Kier alpha value is -2.98. The van der Waals surface area contributed by atoms with Crippen molar-refractivity contribution in [3.8, 4) is 5.75 Å². The van der Waals surface area contributed by atoms with Gasteiger partial charge in [0.2, 0.25) is 5.69 Å². The van der Waals surface area contributed by atoms with E-state index in [1.54, 1.807) is 0 Å². The van der Waals surface area contributed by atoms with Gasteiger partial charge in [0.05, 0.1) is 6.57 Å². The van der Waals surface area contributed by atoms with E-state index in [1.165, 1.54) is 43.3 Å². The molecule has 0 spiro atoms. The van der Waals surface area contributed by atoms with Crippen LogP contribution >= 0.6 is 0 Å². The summed E-state index contributed by atoms with van der Waals surface area (Å²) in [4.78, 5) is 15.1. The van der Waals surface area contributed by atoms with Crippen molar-refractivity contribution in [2.75, 3.05) is 11.9 Å². The second-order valence-electron chi connectivity index (χ2n) is 5.25. The minimum absolute atomic E-state index is 0.104. The molecule has 2 N–H and O–H groups in total. The van der Waals surface area contributed by atoms with Crippen LogP contribution in [-0.2, 0) is 4.79 Å². The fourth-order valence-corrected chi connectivity index (χ4v) is 1.76. The Balaban J connectivity index is 2.00. The Morgan fingerprint density at radius 3 is 2.54 bits per heavy atom. The number of nitrogens with one attached hydrogen (secondary N) is 1. The van der Waals surface area contributed by atoms with Gasteiger partial charge in [-0.2, -0.15) is 0 Å². The molecule has 0 saturated carbocycles. The third-order valence-corrected chi connectivity index (χ3v) is 3.15. The average molecular weight is 332 g/mol. The fraction of sp³-hybridized carbons (Fsp3) is 0.176. The molecular weight excluding hydrogens is 318 g/mol. The van der Waals surface area contributed by atoms with Gasteiger partial charge >= 0.3 is 0 Å². The molecule has 2 rings (SSSR count). The first kappa shape index (κ1) is 17.4. The van der Waals surface area contributed by atoms with Gasteiger partial charge < -0.3 is 15.2 Å². The van der Waals surface area contributed by atoms with Gasteiger partial charge in [-0.15, -0.1) is 0 Å². The molecule has 1 atom stereocenters. The molecule has 1 amide bonds. The zero-order valence-electron chi connectivity index (χ0n) is 12.7. The molecule has 0 radical (unpaired) electrons. The molecule has 0 aromatic heterocycles. The van der Waals surface area contributed by atoms with E-state index in [4.69, 9.17) is 11.3 Å². The molecule has 0 aliphatic carbocycles. The third kappa shape index (κ3) is 4.27. The van der Waals surface area contributed by atoms with Crippen molar-refractivity contribution in [1.29, 1.82) is 0 Å². The molecule has 5 nitrogen and oxygen atoms in total. The molecule has 2 aromatic carbocycles. The van der Waals surface area contributed by atoms with Crippen LogP contribution in [0.15, 0.2) is 42.5 Å². The molecule has 0 aliphatic heterocycles. The maximum absolute atomic E-state index is 13.5. The van der Waals surface area contributed by atoms with Crippen molar-refractivity contribution in [3.63, 3.8) is 0 Å². The predicted molar refractivity (Wildman–Crippen MR) is 83.8 cm³/mol. The molecule has 0 saturated heterocycles. The molecular formula is C17H14F2N2O3. The van der Waals surface area contributed by atoms with Gasteiger partial charge in [-0.25, -0.2) is 13.6 Å². The second kappa shape index (κ2) is 7.06. The van der Waals surface area contributed by atoms with Gasteiger partial charge in [-0.1, -0.05) is 6.07 Å². The summed E-state index contributed by atoms with van der Waals surface area (Å²) in [5.41, 5.74) is -1.96. The Labute approximate surface area is 137 Å². The molecule has 0 aliphatic rings. The highest BCUT2D eigenvalue weighted by atomic mass is 19.1. The topological polar surface area (TPSA) is 62.9 Å². The summed E-state index contributed by atoms with van der Waals surface area (Å²) in [7, 11) is 0. The smallest absolute Gasteiger partial charge is 0.259 e. The van der Waals surface area contributed by atoms with E-state index in [0.717, 1.165) is 6.07 Å². The minimum Gasteiger partial charge on any atom is -0.490 e. The number of carbonyl (C=O) groups is 1. The van der Waals surface area contributed by atoms with Crippen LogP contribution in [0, 0.1) is 18.2 Å². The number of aliphatic hydroxyl groups is 1. The average Bonchev–Trinajstić information content (AvgIpc) is 2.54. The normalized spacial score (nSPS) is 12.8. The largest absolute Gasteiger partial charge is 0.490 e. The number of nitrogens with zero attached hydrogens (tertiary/aromatic N) is 1. The number of rotatable bonds is 5. The lowest BCUT2D eigenvalue weighted by Gasteiger charge is -2.22. The lowest BCUT2D eigenvalue weighted by molar-refractivity contribution is -0.135. The standard InChI is InChI=1S/C17H14F2N2O3/c1-17(23,10-24-13-6-3-11(18)4-7-13)16(22)21-12-5-8-15(20-2)14(19)9-12/h3-9,23H,10H2,1H3,(H,21,22)/t17-/m0/s1. The van der Waals surface area contributed by atoms with E-state index in [2.05, 4.69) is 10.2 Å². The van der Waals surface area contributed by atoms with Crippen molar-refractivity contribution < 1.29 is 23.4 Å². The van der Waals surface area contributed by atoms with Gasteiger partial charge in [0.15, 0.2) is 5.60 Å². The Morgan fingerprint density at radius 2 is 1.96 bits per heavy atom. The van der Waals surface area contributed by atoms with Crippen LogP contribution < -0.4 is 10.1 Å². The first-order chi connectivity index (χ1) is 11.3. The van der Waals surface area contributed by atoms with Crippen LogP contribution in [0.2, 0.25) is 0 Å². The number of benzene rings is 2. The molecule has 0 bridgehead atoms. The summed E-state index contributed by atoms with van der Waals surface area (Å²) in [6.07, 6.45) is 0. The summed E-state index contributed by atoms with van der Waals surface area (Å²) >= 11 is 0. The zero-order valence-corrected chi connectivity index (χ0v) is 12.7. The summed E-state index contributed by atoms with van der Waals surface area (Å²) in [6.45, 7) is 7.61. The van der Waals surface area contributed by atoms with Crippen LogP contribution in [0.1, 0.15) is 6.92 Å². The monoisotopic (exact) mass is 332 g/mol. The van der Waals surface area contributed by atoms with E-state index in [1.807, 2.05) is 0 Å². The van der Waals surface area contributed by atoms with E-state index >= 15 is 0 Å². The van der Waals surface area contributed by atoms with Crippen molar-refractivity contribution in [3.05, 3.63) is 65.5 Å². The highest BCUT2D eigenvalue weighted by Crippen LogP contribution is 2.22. The van der Waals surface area contributed by atoms with Crippen LogP contribution in [0.3, 0.4) is 0 Å². The van der Waals surface area contributed by atoms with Gasteiger partial charge in [0.25, 0.3) is 5.91 Å². The molecule has 0 fully saturated rings. The van der Waals surface area contributed by atoms with Gasteiger partial charge in [-0.3, -0.25) is 4.79 Å². The number of anilines is 1. The molecule has 2 aromatic rings.